The van der Waals surface area contributed by atoms with Crippen molar-refractivity contribution in [2.45, 2.75) is 109 Å². The van der Waals surface area contributed by atoms with Gasteiger partial charge >= 0.3 is 5.97 Å². The number of nitrogens with one attached hydrogen (secondary N) is 1. The molecule has 2 saturated carbocycles. The van der Waals surface area contributed by atoms with Crippen LogP contribution in [0.25, 0.3) is 0 Å². The van der Waals surface area contributed by atoms with Crippen LogP contribution in [0.1, 0.15) is 96.8 Å². The van der Waals surface area contributed by atoms with E-state index in [-0.39, 0.29) is 12.1 Å². The standard InChI is InChI=1S/C28H47NO3S/c1-20(28(15-9-16-28)26-13-8-17-33-26)10-7-12-22-21(23(18-25(22)30)24-19-29-24)11-5-3-4-6-14-27(31)32-2/h13,20-25,29-30H,3-12,14-19H2,1-2H3/t20?,21-,22?,23?,24?,25-/m1/s1. The van der Waals surface area contributed by atoms with Crippen LogP contribution < -0.4 is 5.32 Å². The third kappa shape index (κ3) is 6.19. The van der Waals surface area contributed by atoms with E-state index in [9.17, 15) is 9.90 Å². The molecule has 2 N–H and O–H groups in total. The first-order valence-electron chi connectivity index (χ1n) is 13.9. The Morgan fingerprint density at radius 2 is 1.97 bits per heavy atom. The van der Waals surface area contributed by atoms with Gasteiger partial charge in [0.15, 0.2) is 0 Å². The van der Waals surface area contributed by atoms with Gasteiger partial charge in [-0.15, -0.1) is 11.8 Å². The van der Waals surface area contributed by atoms with Gasteiger partial charge in [0.1, 0.15) is 0 Å². The molecule has 2 heterocycles. The number of unbranched alkanes of at least 4 members (excludes halogenated alkanes) is 3. The summed E-state index contributed by atoms with van der Waals surface area (Å²) < 4.78 is 4.75. The smallest absolute Gasteiger partial charge is 0.305 e. The molecule has 0 aromatic rings. The van der Waals surface area contributed by atoms with Gasteiger partial charge in [-0.1, -0.05) is 45.1 Å². The number of aliphatic hydroxyl groups excluding tert-OH is 1. The normalized spacial score (nSPS) is 33.4. The van der Waals surface area contributed by atoms with Crippen molar-refractivity contribution in [2.75, 3.05) is 19.4 Å². The molecule has 0 aromatic carbocycles. The second-order valence-corrected chi connectivity index (χ2v) is 12.5. The second kappa shape index (κ2) is 11.9. The monoisotopic (exact) mass is 477 g/mol. The predicted molar refractivity (Wildman–Crippen MR) is 137 cm³/mol. The SMILES string of the molecule is COC(=O)CCCCCC[C@H]1C(C2CN2)C[C@@H](O)C1CCCC(C)C1(C2=CCCS2)CCC1. The lowest BCUT2D eigenvalue weighted by molar-refractivity contribution is -0.140. The molecule has 4 unspecified atom stereocenters. The van der Waals surface area contributed by atoms with E-state index < -0.39 is 0 Å². The number of hydrogen-bond acceptors (Lipinski definition) is 5. The van der Waals surface area contributed by atoms with E-state index in [1.54, 1.807) is 4.91 Å². The molecule has 6 atom stereocenters. The van der Waals surface area contributed by atoms with Crippen molar-refractivity contribution in [1.29, 1.82) is 0 Å². The summed E-state index contributed by atoms with van der Waals surface area (Å²) >= 11 is 2.13. The Morgan fingerprint density at radius 3 is 2.61 bits per heavy atom. The maximum atomic E-state index is 11.3. The molecule has 0 amide bonds. The molecule has 188 valence electrons. The lowest BCUT2D eigenvalue weighted by atomic mass is 9.60. The molecule has 3 fully saturated rings. The third-order valence-electron chi connectivity index (χ3n) is 9.52. The number of ether oxygens (including phenoxy) is 1. The Labute approximate surface area is 206 Å². The molecule has 0 aromatic heterocycles. The lowest BCUT2D eigenvalue weighted by Gasteiger charge is -2.48. The van der Waals surface area contributed by atoms with Crippen LogP contribution in [0.5, 0.6) is 0 Å². The van der Waals surface area contributed by atoms with Crippen molar-refractivity contribution < 1.29 is 14.6 Å². The van der Waals surface area contributed by atoms with Crippen molar-refractivity contribution in [1.82, 2.24) is 5.32 Å². The summed E-state index contributed by atoms with van der Waals surface area (Å²) in [6.07, 6.45) is 18.9. The fraction of sp³-hybridized carbons (Fsp3) is 0.893. The number of thioether (sulfide) groups is 1. The molecule has 4 rings (SSSR count). The van der Waals surface area contributed by atoms with Crippen LogP contribution in [0, 0.1) is 29.1 Å². The zero-order chi connectivity index (χ0) is 23.3. The van der Waals surface area contributed by atoms with Gasteiger partial charge in [0.2, 0.25) is 0 Å². The number of hydrogen-bond donors (Lipinski definition) is 2. The Bertz CT molecular complexity index is 672. The summed E-state index contributed by atoms with van der Waals surface area (Å²) in [6, 6.07) is 0.650. The minimum Gasteiger partial charge on any atom is -0.469 e. The van der Waals surface area contributed by atoms with Crippen molar-refractivity contribution in [3.05, 3.63) is 11.0 Å². The first kappa shape index (κ1) is 25.6. The molecule has 1 saturated heterocycles. The summed E-state index contributed by atoms with van der Waals surface area (Å²) in [4.78, 5) is 13.0. The zero-order valence-electron chi connectivity index (χ0n) is 21.0. The van der Waals surface area contributed by atoms with Gasteiger partial charge in [0, 0.05) is 30.2 Å². The van der Waals surface area contributed by atoms with E-state index >= 15 is 0 Å². The minimum absolute atomic E-state index is 0.0884. The van der Waals surface area contributed by atoms with Crippen molar-refractivity contribution in [3.8, 4) is 0 Å². The fourth-order valence-corrected chi connectivity index (χ4v) is 8.63. The van der Waals surface area contributed by atoms with Gasteiger partial charge in [0.05, 0.1) is 13.2 Å². The van der Waals surface area contributed by atoms with Gasteiger partial charge < -0.3 is 15.2 Å². The molecule has 2 aliphatic carbocycles. The first-order chi connectivity index (χ1) is 16.0. The van der Waals surface area contributed by atoms with Crippen LogP contribution in [0.3, 0.4) is 0 Å². The summed E-state index contributed by atoms with van der Waals surface area (Å²) in [6.45, 7) is 3.65. The van der Waals surface area contributed by atoms with Gasteiger partial charge in [-0.2, -0.15) is 0 Å². The number of carbonyl (C=O) groups is 1. The molecular weight excluding hydrogens is 430 g/mol. The van der Waals surface area contributed by atoms with Gasteiger partial charge in [-0.3, -0.25) is 4.79 Å². The van der Waals surface area contributed by atoms with Crippen molar-refractivity contribution >= 4 is 17.7 Å². The number of esters is 1. The quantitative estimate of drug-likeness (QED) is 0.180. The molecular formula is C28H47NO3S. The van der Waals surface area contributed by atoms with E-state index in [0.717, 1.165) is 31.7 Å². The molecule has 5 heteroatoms. The Balaban J connectivity index is 1.24. The Hall–Kier alpha value is -0.520. The highest BCUT2D eigenvalue weighted by atomic mass is 32.2. The van der Waals surface area contributed by atoms with Crippen LogP contribution in [0.15, 0.2) is 11.0 Å². The van der Waals surface area contributed by atoms with Crippen LogP contribution in [0.4, 0.5) is 0 Å². The van der Waals surface area contributed by atoms with Crippen molar-refractivity contribution in [2.24, 2.45) is 29.1 Å². The van der Waals surface area contributed by atoms with E-state index in [4.69, 9.17) is 4.74 Å². The molecule has 2 aliphatic heterocycles. The predicted octanol–water partition coefficient (Wildman–Crippen LogP) is 6.08. The van der Waals surface area contributed by atoms with E-state index in [1.165, 1.54) is 77.1 Å². The summed E-state index contributed by atoms with van der Waals surface area (Å²) in [5.41, 5.74) is 0.500. The number of aliphatic hydroxyl groups is 1. The topological polar surface area (TPSA) is 68.5 Å². The van der Waals surface area contributed by atoms with Crippen LogP contribution in [-0.2, 0) is 9.53 Å². The van der Waals surface area contributed by atoms with Gasteiger partial charge in [-0.05, 0) is 79.9 Å². The third-order valence-corrected chi connectivity index (χ3v) is 10.8. The lowest BCUT2D eigenvalue weighted by Crippen LogP contribution is -2.37. The number of allylic oxidation sites excluding steroid dienone is 2. The second-order valence-electron chi connectivity index (χ2n) is 11.4. The molecule has 4 nitrogen and oxygen atoms in total. The Kier molecular flexibility index (Phi) is 9.26. The molecule has 0 spiro atoms. The zero-order valence-corrected chi connectivity index (χ0v) is 21.8. The van der Waals surface area contributed by atoms with Gasteiger partial charge in [0.25, 0.3) is 0 Å². The van der Waals surface area contributed by atoms with Crippen molar-refractivity contribution in [3.63, 3.8) is 0 Å². The minimum atomic E-state index is -0.109. The average Bonchev–Trinajstić information content (AvgIpc) is 3.39. The fourth-order valence-electron chi connectivity index (χ4n) is 7.24. The Morgan fingerprint density at radius 1 is 1.21 bits per heavy atom. The average molecular weight is 478 g/mol. The molecule has 4 aliphatic rings. The van der Waals surface area contributed by atoms with E-state index in [0.29, 0.717) is 35.6 Å². The first-order valence-corrected chi connectivity index (χ1v) is 14.9. The van der Waals surface area contributed by atoms with E-state index in [1.807, 2.05) is 0 Å². The van der Waals surface area contributed by atoms with Gasteiger partial charge in [-0.25, -0.2) is 0 Å². The van der Waals surface area contributed by atoms with Crippen LogP contribution >= 0.6 is 11.8 Å². The highest BCUT2D eigenvalue weighted by molar-refractivity contribution is 8.03. The highest BCUT2D eigenvalue weighted by Crippen LogP contribution is 2.58. The molecule has 0 radical (unpaired) electrons. The summed E-state index contributed by atoms with van der Waals surface area (Å²) in [5.74, 6) is 3.79. The number of rotatable bonds is 14. The molecule has 33 heavy (non-hydrogen) atoms. The largest absolute Gasteiger partial charge is 0.469 e. The summed E-state index contributed by atoms with van der Waals surface area (Å²) in [5, 5.41) is 14.5. The van der Waals surface area contributed by atoms with Crippen LogP contribution in [0.2, 0.25) is 0 Å². The summed E-state index contributed by atoms with van der Waals surface area (Å²) in [7, 11) is 1.47. The van der Waals surface area contributed by atoms with E-state index in [2.05, 4.69) is 30.1 Å². The van der Waals surface area contributed by atoms with Crippen LogP contribution in [-0.4, -0.2) is 42.6 Å². The molecule has 0 bridgehead atoms. The highest BCUT2D eigenvalue weighted by Gasteiger charge is 2.48. The number of carbonyl (C=O) groups excluding carboxylic acids is 1. The maximum absolute atomic E-state index is 11.3. The maximum Gasteiger partial charge on any atom is 0.305 e. The number of methoxy groups -OCH3 is 1.